The van der Waals surface area contributed by atoms with Crippen molar-refractivity contribution in [1.29, 1.82) is 0 Å². The molecule has 5 heteroatoms. The van der Waals surface area contributed by atoms with E-state index < -0.39 is 6.09 Å². The van der Waals surface area contributed by atoms with E-state index in [0.717, 1.165) is 16.3 Å². The van der Waals surface area contributed by atoms with Crippen molar-refractivity contribution in [3.63, 3.8) is 0 Å². The van der Waals surface area contributed by atoms with Crippen molar-refractivity contribution in [3.8, 4) is 0 Å². The van der Waals surface area contributed by atoms with Crippen LogP contribution in [0.3, 0.4) is 0 Å². The molecule has 17 heavy (non-hydrogen) atoms. The number of nitrogens with one attached hydrogen (secondary N) is 1. The van der Waals surface area contributed by atoms with E-state index in [9.17, 15) is 4.79 Å². The maximum absolute atomic E-state index is 10.5. The Hall–Kier alpha value is -2.56. The summed E-state index contributed by atoms with van der Waals surface area (Å²) >= 11 is 0. The SMILES string of the molecule is NN=Cc1ccc2cc(NC(=O)O)ccc2c1. The zero-order valence-electron chi connectivity index (χ0n) is 8.92. The van der Waals surface area contributed by atoms with Gasteiger partial charge in [0.15, 0.2) is 0 Å². The molecule has 5 nitrogen and oxygen atoms in total. The van der Waals surface area contributed by atoms with Crippen LogP contribution in [0.1, 0.15) is 5.56 Å². The number of amides is 1. The minimum Gasteiger partial charge on any atom is -0.465 e. The molecule has 0 aromatic heterocycles. The third-order valence-corrected chi connectivity index (χ3v) is 2.34. The van der Waals surface area contributed by atoms with E-state index in [2.05, 4.69) is 10.4 Å². The highest BCUT2D eigenvalue weighted by molar-refractivity contribution is 5.94. The smallest absolute Gasteiger partial charge is 0.409 e. The first-order valence-corrected chi connectivity index (χ1v) is 4.96. The molecule has 2 rings (SSSR count). The number of fused-ring (bicyclic) bond motifs is 1. The largest absolute Gasteiger partial charge is 0.465 e. The average Bonchev–Trinajstić information content (AvgIpc) is 2.29. The number of anilines is 1. The molecule has 2 aromatic carbocycles. The van der Waals surface area contributed by atoms with Gasteiger partial charge in [0.2, 0.25) is 0 Å². The topological polar surface area (TPSA) is 87.7 Å². The highest BCUT2D eigenvalue weighted by atomic mass is 16.4. The van der Waals surface area contributed by atoms with Crippen molar-refractivity contribution in [2.45, 2.75) is 0 Å². The fourth-order valence-electron chi connectivity index (χ4n) is 1.63. The van der Waals surface area contributed by atoms with Gasteiger partial charge in [0.05, 0.1) is 6.21 Å². The van der Waals surface area contributed by atoms with Crippen molar-refractivity contribution >= 4 is 28.8 Å². The molecule has 0 spiro atoms. The molecule has 0 aliphatic rings. The number of carbonyl (C=O) groups is 1. The molecule has 0 atom stereocenters. The molecule has 0 unspecified atom stereocenters. The van der Waals surface area contributed by atoms with E-state index in [1.54, 1.807) is 18.3 Å². The molecule has 0 heterocycles. The normalized spacial score (nSPS) is 10.8. The van der Waals surface area contributed by atoms with Crippen LogP contribution in [0.25, 0.3) is 10.8 Å². The molecule has 0 bridgehead atoms. The highest BCUT2D eigenvalue weighted by Crippen LogP contribution is 2.20. The lowest BCUT2D eigenvalue weighted by molar-refractivity contribution is 0.210. The summed E-state index contributed by atoms with van der Waals surface area (Å²) in [6.07, 6.45) is 0.485. The summed E-state index contributed by atoms with van der Waals surface area (Å²) in [5.41, 5.74) is 1.45. The average molecular weight is 229 g/mol. The van der Waals surface area contributed by atoms with E-state index in [-0.39, 0.29) is 0 Å². The second-order valence-electron chi connectivity index (χ2n) is 3.53. The van der Waals surface area contributed by atoms with Crippen LogP contribution in [-0.4, -0.2) is 17.4 Å². The molecule has 0 aliphatic carbocycles. The number of nitrogens with two attached hydrogens (primary N) is 1. The van der Waals surface area contributed by atoms with Crippen LogP contribution < -0.4 is 11.2 Å². The zero-order chi connectivity index (χ0) is 12.3. The van der Waals surface area contributed by atoms with Gasteiger partial charge in [0, 0.05) is 5.69 Å². The van der Waals surface area contributed by atoms with Crippen LogP contribution in [0.5, 0.6) is 0 Å². The van der Waals surface area contributed by atoms with Crippen molar-refractivity contribution in [3.05, 3.63) is 42.0 Å². The number of benzene rings is 2. The van der Waals surface area contributed by atoms with Crippen molar-refractivity contribution in [1.82, 2.24) is 0 Å². The molecule has 0 saturated carbocycles. The monoisotopic (exact) mass is 229 g/mol. The summed E-state index contributed by atoms with van der Waals surface area (Å²) in [6, 6.07) is 11.0. The fourth-order valence-corrected chi connectivity index (χ4v) is 1.63. The molecule has 0 radical (unpaired) electrons. The Bertz CT molecular complexity index is 593. The summed E-state index contributed by atoms with van der Waals surface area (Å²) in [6.45, 7) is 0. The number of hydrogen-bond donors (Lipinski definition) is 3. The first kappa shape index (κ1) is 10.9. The quantitative estimate of drug-likeness (QED) is 0.419. The van der Waals surface area contributed by atoms with Crippen molar-refractivity contribution in [2.24, 2.45) is 10.9 Å². The molecule has 2 aromatic rings. The van der Waals surface area contributed by atoms with Gasteiger partial charge in [-0.05, 0) is 34.5 Å². The van der Waals surface area contributed by atoms with Gasteiger partial charge in [-0.15, -0.1) is 0 Å². The van der Waals surface area contributed by atoms with Gasteiger partial charge in [0.25, 0.3) is 0 Å². The Labute approximate surface area is 97.6 Å². The van der Waals surface area contributed by atoms with E-state index in [4.69, 9.17) is 10.9 Å². The summed E-state index contributed by atoms with van der Waals surface area (Å²) in [5.74, 6) is 5.08. The lowest BCUT2D eigenvalue weighted by atomic mass is 10.1. The maximum Gasteiger partial charge on any atom is 0.409 e. The van der Waals surface area contributed by atoms with Crippen LogP contribution in [0.2, 0.25) is 0 Å². The summed E-state index contributed by atoms with van der Waals surface area (Å²) in [4.78, 5) is 10.5. The first-order chi connectivity index (χ1) is 8.19. The van der Waals surface area contributed by atoms with Crippen LogP contribution in [-0.2, 0) is 0 Å². The van der Waals surface area contributed by atoms with Crippen LogP contribution in [0.15, 0.2) is 41.5 Å². The predicted molar refractivity (Wildman–Crippen MR) is 67.4 cm³/mol. The fraction of sp³-hybridized carbons (Fsp3) is 0. The van der Waals surface area contributed by atoms with Crippen LogP contribution >= 0.6 is 0 Å². The Kier molecular flexibility index (Phi) is 2.91. The van der Waals surface area contributed by atoms with Gasteiger partial charge in [-0.3, -0.25) is 5.32 Å². The first-order valence-electron chi connectivity index (χ1n) is 4.96. The molecule has 0 saturated heterocycles. The Morgan fingerprint density at radius 3 is 2.65 bits per heavy atom. The van der Waals surface area contributed by atoms with E-state index >= 15 is 0 Å². The Morgan fingerprint density at radius 1 is 1.24 bits per heavy atom. The van der Waals surface area contributed by atoms with Gasteiger partial charge in [0.1, 0.15) is 0 Å². The molecular formula is C12H11N3O2. The number of carboxylic acid groups (broad SMARTS) is 1. The highest BCUT2D eigenvalue weighted by Gasteiger charge is 2.00. The lowest BCUT2D eigenvalue weighted by Gasteiger charge is -2.04. The number of rotatable bonds is 2. The lowest BCUT2D eigenvalue weighted by Crippen LogP contribution is -2.06. The van der Waals surface area contributed by atoms with E-state index in [0.29, 0.717) is 5.69 Å². The van der Waals surface area contributed by atoms with Gasteiger partial charge < -0.3 is 10.9 Å². The number of hydrogen-bond acceptors (Lipinski definition) is 3. The second-order valence-corrected chi connectivity index (χ2v) is 3.53. The Balaban J connectivity index is 2.42. The molecule has 0 aliphatic heterocycles. The molecule has 86 valence electrons. The molecular weight excluding hydrogens is 218 g/mol. The van der Waals surface area contributed by atoms with Crippen LogP contribution in [0.4, 0.5) is 10.5 Å². The Morgan fingerprint density at radius 2 is 1.94 bits per heavy atom. The zero-order valence-corrected chi connectivity index (χ0v) is 8.92. The molecule has 1 amide bonds. The van der Waals surface area contributed by atoms with Crippen molar-refractivity contribution in [2.75, 3.05) is 5.32 Å². The minimum atomic E-state index is -1.07. The van der Waals surface area contributed by atoms with E-state index in [1.807, 2.05) is 24.3 Å². The minimum absolute atomic E-state index is 0.547. The predicted octanol–water partition coefficient (Wildman–Crippen LogP) is 2.22. The van der Waals surface area contributed by atoms with Gasteiger partial charge >= 0.3 is 6.09 Å². The maximum atomic E-state index is 10.5. The van der Waals surface area contributed by atoms with Crippen molar-refractivity contribution < 1.29 is 9.90 Å². The summed E-state index contributed by atoms with van der Waals surface area (Å²) < 4.78 is 0. The number of hydrazone groups is 1. The summed E-state index contributed by atoms with van der Waals surface area (Å²) in [7, 11) is 0. The van der Waals surface area contributed by atoms with E-state index in [1.165, 1.54) is 0 Å². The van der Waals surface area contributed by atoms with Gasteiger partial charge in [-0.1, -0.05) is 18.2 Å². The third-order valence-electron chi connectivity index (χ3n) is 2.34. The van der Waals surface area contributed by atoms with Crippen LogP contribution in [0, 0.1) is 0 Å². The standard InChI is InChI=1S/C12H11N3O2/c13-14-7-8-1-2-10-6-11(15-12(16)17)4-3-9(10)5-8/h1-7,15H,13H2,(H,16,17). The molecule has 0 fully saturated rings. The van der Waals surface area contributed by atoms with Gasteiger partial charge in [-0.25, -0.2) is 4.79 Å². The summed E-state index contributed by atoms with van der Waals surface area (Å²) in [5, 5.41) is 16.3. The second kappa shape index (κ2) is 4.52. The van der Waals surface area contributed by atoms with Gasteiger partial charge in [-0.2, -0.15) is 5.10 Å². The molecule has 4 N–H and O–H groups in total. The number of nitrogens with zero attached hydrogens (tertiary/aromatic N) is 1. The third kappa shape index (κ3) is 2.52.